The number of hydrazine groups is 2. The normalized spacial score (nSPS) is 22.0. The molecule has 3 aliphatic rings. The van der Waals surface area contributed by atoms with Crippen LogP contribution in [0.15, 0.2) is 54.2 Å². The van der Waals surface area contributed by atoms with Crippen LogP contribution in [0.25, 0.3) is 11.3 Å². The van der Waals surface area contributed by atoms with Crippen molar-refractivity contribution in [2.75, 3.05) is 32.0 Å². The van der Waals surface area contributed by atoms with Gasteiger partial charge in [-0.25, -0.2) is 0 Å². The Kier molecular flexibility index (Phi) is 6.41. The zero-order valence-corrected chi connectivity index (χ0v) is 21.4. The van der Waals surface area contributed by atoms with Gasteiger partial charge in [0.05, 0.1) is 17.4 Å². The van der Waals surface area contributed by atoms with Crippen LogP contribution in [-0.4, -0.2) is 47.8 Å². The van der Waals surface area contributed by atoms with Crippen LogP contribution in [0, 0.1) is 6.92 Å². The van der Waals surface area contributed by atoms with Crippen LogP contribution in [0.4, 0.5) is 5.69 Å². The first-order chi connectivity index (χ1) is 16.4. The second kappa shape index (κ2) is 9.47. The zero-order chi connectivity index (χ0) is 23.8. The molecule has 0 aromatic heterocycles. The molecular weight excluding hydrogens is 418 g/mol. The highest BCUT2D eigenvalue weighted by Crippen LogP contribution is 2.40. The smallest absolute Gasteiger partial charge is 0.0816 e. The minimum Gasteiger partial charge on any atom is -0.378 e. The third-order valence-corrected chi connectivity index (χ3v) is 7.83. The summed E-state index contributed by atoms with van der Waals surface area (Å²) in [5, 5.41) is 8.38. The number of nitrogens with zero attached hydrogens (tertiary/aromatic N) is 3. The van der Waals surface area contributed by atoms with Crippen LogP contribution in [-0.2, 0) is 0 Å². The van der Waals surface area contributed by atoms with Crippen molar-refractivity contribution < 1.29 is 0 Å². The third kappa shape index (κ3) is 4.35. The number of nitrogens with one attached hydrogen (secondary N) is 2. The fourth-order valence-electron chi connectivity index (χ4n) is 5.58. The van der Waals surface area contributed by atoms with E-state index in [4.69, 9.17) is 0 Å². The molecule has 180 valence electrons. The van der Waals surface area contributed by atoms with E-state index < -0.39 is 0 Å². The maximum absolute atomic E-state index is 3.87. The van der Waals surface area contributed by atoms with E-state index >= 15 is 0 Å². The molecule has 5 rings (SSSR count). The number of rotatable bonds is 5. The number of benzene rings is 2. The number of aryl methyl sites for hydroxylation is 1. The summed E-state index contributed by atoms with van der Waals surface area (Å²) < 4.78 is 0. The summed E-state index contributed by atoms with van der Waals surface area (Å²) in [6.45, 7) is 12.1. The Labute approximate surface area is 205 Å². The Morgan fingerprint density at radius 3 is 2.59 bits per heavy atom. The largest absolute Gasteiger partial charge is 0.378 e. The Morgan fingerprint density at radius 2 is 1.88 bits per heavy atom. The van der Waals surface area contributed by atoms with E-state index in [1.807, 2.05) is 0 Å². The van der Waals surface area contributed by atoms with Crippen LogP contribution in [0.5, 0.6) is 0 Å². The van der Waals surface area contributed by atoms with Crippen molar-refractivity contribution in [1.82, 2.24) is 20.5 Å². The molecule has 2 aromatic rings. The zero-order valence-electron chi connectivity index (χ0n) is 21.4. The van der Waals surface area contributed by atoms with Crippen LogP contribution >= 0.6 is 0 Å². The molecule has 0 saturated heterocycles. The SMILES string of the molecule is CCC(C)N1CC=C(c2ccc3c(c2)C(Nc2ccc(C)cc2)CCN2C3=C(C)NN2C)CC1. The molecule has 0 fully saturated rings. The molecule has 0 aliphatic carbocycles. The summed E-state index contributed by atoms with van der Waals surface area (Å²) in [5.74, 6) is 0. The first kappa shape index (κ1) is 23.0. The van der Waals surface area contributed by atoms with Crippen molar-refractivity contribution >= 4 is 17.0 Å². The predicted octanol–water partition coefficient (Wildman–Crippen LogP) is 5.80. The van der Waals surface area contributed by atoms with Crippen LogP contribution in [0.1, 0.15) is 68.3 Å². The highest BCUT2D eigenvalue weighted by molar-refractivity contribution is 5.76. The van der Waals surface area contributed by atoms with Gasteiger partial charge in [0.25, 0.3) is 0 Å². The minimum absolute atomic E-state index is 0.262. The predicted molar refractivity (Wildman–Crippen MR) is 143 cm³/mol. The standard InChI is InChI=1S/C29H39N5/c1-6-21(3)33-16-13-23(14-17-33)24-9-12-26-27(19-24)28(30-25-10-7-20(2)8-11-25)15-18-34-29(26)22(4)31-32(34)5/h7-13,19,21,28,30-31H,6,14-18H2,1-5H3. The Bertz CT molecular complexity index is 1100. The summed E-state index contributed by atoms with van der Waals surface area (Å²) in [6, 6.07) is 16.9. The molecule has 2 atom stereocenters. The highest BCUT2D eigenvalue weighted by atomic mass is 15.8. The Morgan fingerprint density at radius 1 is 1.09 bits per heavy atom. The Hall–Kier alpha value is -2.76. The second-order valence-corrected chi connectivity index (χ2v) is 10.1. The average Bonchev–Trinajstić information content (AvgIpc) is 3.04. The molecule has 2 N–H and O–H groups in total. The van der Waals surface area contributed by atoms with Crippen LogP contribution < -0.4 is 10.7 Å². The average molecular weight is 458 g/mol. The molecule has 0 saturated carbocycles. The topological polar surface area (TPSA) is 33.8 Å². The van der Waals surface area contributed by atoms with E-state index in [9.17, 15) is 0 Å². The molecule has 3 aliphatic heterocycles. The number of fused-ring (bicyclic) bond motifs is 3. The van der Waals surface area contributed by atoms with Gasteiger partial charge in [0.2, 0.25) is 0 Å². The summed E-state index contributed by atoms with van der Waals surface area (Å²) in [4.78, 5) is 2.60. The molecule has 34 heavy (non-hydrogen) atoms. The van der Waals surface area contributed by atoms with Gasteiger partial charge in [-0.3, -0.25) is 9.91 Å². The molecule has 0 spiro atoms. The number of allylic oxidation sites excluding steroid dienone is 1. The number of anilines is 1. The second-order valence-electron chi connectivity index (χ2n) is 10.1. The fourth-order valence-corrected chi connectivity index (χ4v) is 5.58. The maximum Gasteiger partial charge on any atom is 0.0816 e. The molecule has 5 nitrogen and oxygen atoms in total. The van der Waals surface area contributed by atoms with Gasteiger partial charge in [-0.15, -0.1) is 5.12 Å². The third-order valence-electron chi connectivity index (χ3n) is 7.83. The molecule has 0 radical (unpaired) electrons. The molecule has 5 heteroatoms. The molecular formula is C29H39N5. The summed E-state index contributed by atoms with van der Waals surface area (Å²) >= 11 is 0. The summed E-state index contributed by atoms with van der Waals surface area (Å²) in [7, 11) is 2.11. The summed E-state index contributed by atoms with van der Waals surface area (Å²) in [5.41, 5.74) is 14.1. The molecule has 2 unspecified atom stereocenters. The van der Waals surface area contributed by atoms with Gasteiger partial charge < -0.3 is 10.7 Å². The number of hydrogen-bond acceptors (Lipinski definition) is 5. The fraction of sp³-hybridized carbons (Fsp3) is 0.448. The van der Waals surface area contributed by atoms with Gasteiger partial charge in [0.15, 0.2) is 0 Å². The van der Waals surface area contributed by atoms with E-state index in [0.717, 1.165) is 32.5 Å². The van der Waals surface area contributed by atoms with Gasteiger partial charge in [-0.1, -0.05) is 42.8 Å². The molecule has 0 amide bonds. The van der Waals surface area contributed by atoms with Crippen molar-refractivity contribution in [2.45, 2.75) is 59.0 Å². The first-order valence-electron chi connectivity index (χ1n) is 12.8. The van der Waals surface area contributed by atoms with Crippen molar-refractivity contribution in [3.05, 3.63) is 76.5 Å². The van der Waals surface area contributed by atoms with Crippen LogP contribution in [0.3, 0.4) is 0 Å². The van der Waals surface area contributed by atoms with E-state index in [1.165, 1.54) is 51.3 Å². The maximum atomic E-state index is 3.87. The van der Waals surface area contributed by atoms with Gasteiger partial charge in [-0.05, 0) is 74.9 Å². The van der Waals surface area contributed by atoms with E-state index in [-0.39, 0.29) is 6.04 Å². The summed E-state index contributed by atoms with van der Waals surface area (Å²) in [6.07, 6.45) is 5.82. The molecule has 0 bridgehead atoms. The van der Waals surface area contributed by atoms with Gasteiger partial charge >= 0.3 is 0 Å². The lowest BCUT2D eigenvalue weighted by Gasteiger charge is -2.31. The highest BCUT2D eigenvalue weighted by Gasteiger charge is 2.33. The first-order valence-corrected chi connectivity index (χ1v) is 12.8. The van der Waals surface area contributed by atoms with Crippen molar-refractivity contribution in [3.8, 4) is 0 Å². The monoisotopic (exact) mass is 457 g/mol. The van der Waals surface area contributed by atoms with E-state index in [2.05, 4.69) is 109 Å². The van der Waals surface area contributed by atoms with Crippen LogP contribution in [0.2, 0.25) is 0 Å². The lowest BCUT2D eigenvalue weighted by molar-refractivity contribution is 0.0446. The van der Waals surface area contributed by atoms with Gasteiger partial charge in [-0.2, -0.15) is 0 Å². The Balaban J connectivity index is 1.52. The van der Waals surface area contributed by atoms with Crippen molar-refractivity contribution in [2.24, 2.45) is 0 Å². The van der Waals surface area contributed by atoms with Gasteiger partial charge in [0, 0.05) is 44.0 Å². The minimum atomic E-state index is 0.262. The van der Waals surface area contributed by atoms with Crippen molar-refractivity contribution in [3.63, 3.8) is 0 Å². The molecule has 2 aromatic carbocycles. The molecule has 3 heterocycles. The van der Waals surface area contributed by atoms with E-state index in [0.29, 0.717) is 6.04 Å². The quantitative estimate of drug-likeness (QED) is 0.594. The van der Waals surface area contributed by atoms with Gasteiger partial charge in [0.1, 0.15) is 0 Å². The lowest BCUT2D eigenvalue weighted by atomic mass is 9.90. The number of hydrogen-bond donors (Lipinski definition) is 2. The lowest BCUT2D eigenvalue weighted by Crippen LogP contribution is -2.40. The van der Waals surface area contributed by atoms with Crippen molar-refractivity contribution in [1.29, 1.82) is 0 Å². The van der Waals surface area contributed by atoms with E-state index in [1.54, 1.807) is 0 Å².